The van der Waals surface area contributed by atoms with Gasteiger partial charge in [0.2, 0.25) is 11.8 Å². The molecule has 1 fully saturated rings. The van der Waals surface area contributed by atoms with Crippen molar-refractivity contribution >= 4 is 17.8 Å². The van der Waals surface area contributed by atoms with Crippen LogP contribution in [0.25, 0.3) is 0 Å². The third-order valence-corrected chi connectivity index (χ3v) is 7.25. The second kappa shape index (κ2) is 7.88. The van der Waals surface area contributed by atoms with Gasteiger partial charge in [-0.05, 0) is 42.5 Å². The maximum absolute atomic E-state index is 13.9. The van der Waals surface area contributed by atoms with Crippen molar-refractivity contribution in [2.45, 2.75) is 64.0 Å². The topological polar surface area (TPSA) is 63.7 Å². The number of carbonyl (C=O) groups excluding carboxylic acids is 3. The fraction of sp³-hybridized carbons (Fsp3) is 0.444. The molecule has 0 N–H and O–H groups in total. The number of benzene rings is 2. The molecule has 5 heteroatoms. The van der Waals surface area contributed by atoms with Crippen molar-refractivity contribution in [2.24, 2.45) is 11.8 Å². The van der Waals surface area contributed by atoms with Gasteiger partial charge >= 0.3 is 5.97 Å². The smallest absolute Gasteiger partial charge is 0.329 e. The summed E-state index contributed by atoms with van der Waals surface area (Å²) in [5, 5.41) is 0. The molecule has 2 bridgehead atoms. The molecule has 32 heavy (non-hydrogen) atoms. The molecule has 1 aliphatic heterocycles. The monoisotopic (exact) mass is 431 g/mol. The zero-order chi connectivity index (χ0) is 22.6. The average molecular weight is 432 g/mol. The fourth-order valence-electron chi connectivity index (χ4n) is 6.07. The van der Waals surface area contributed by atoms with Crippen LogP contribution in [0.5, 0.6) is 0 Å². The van der Waals surface area contributed by atoms with E-state index in [0.29, 0.717) is 6.42 Å². The second-order valence-electron chi connectivity index (χ2n) is 9.45. The molecule has 0 saturated carbocycles. The van der Waals surface area contributed by atoms with Crippen LogP contribution in [0.1, 0.15) is 74.1 Å². The summed E-state index contributed by atoms with van der Waals surface area (Å²) in [5.74, 6) is -2.17. The van der Waals surface area contributed by atoms with E-state index in [1.165, 1.54) is 4.90 Å². The molecule has 0 unspecified atom stereocenters. The predicted molar refractivity (Wildman–Crippen MR) is 120 cm³/mol. The van der Waals surface area contributed by atoms with Crippen LogP contribution >= 0.6 is 0 Å². The van der Waals surface area contributed by atoms with E-state index in [1.54, 1.807) is 13.8 Å². The maximum Gasteiger partial charge on any atom is 0.329 e. The molecule has 4 aliphatic rings. The van der Waals surface area contributed by atoms with Crippen LogP contribution in [-0.4, -0.2) is 34.8 Å². The Morgan fingerprint density at radius 1 is 0.875 bits per heavy atom. The van der Waals surface area contributed by atoms with E-state index in [-0.39, 0.29) is 29.8 Å². The SMILES string of the molecule is CCCC[C@H](C(=O)OC(C)C)N1C(=O)[C@H]2C3c4ccccc4C(c4ccccc43)[C@@H]2C1=O. The van der Waals surface area contributed by atoms with E-state index in [9.17, 15) is 14.4 Å². The fourth-order valence-corrected chi connectivity index (χ4v) is 6.07. The van der Waals surface area contributed by atoms with Gasteiger partial charge in [-0.3, -0.25) is 14.5 Å². The Balaban J connectivity index is 1.60. The van der Waals surface area contributed by atoms with Crippen molar-refractivity contribution < 1.29 is 19.1 Å². The van der Waals surface area contributed by atoms with Gasteiger partial charge in [0.15, 0.2) is 0 Å². The summed E-state index contributed by atoms with van der Waals surface area (Å²) in [4.78, 5) is 42.0. The van der Waals surface area contributed by atoms with E-state index in [2.05, 4.69) is 24.3 Å². The van der Waals surface area contributed by atoms with Gasteiger partial charge in [-0.1, -0.05) is 68.3 Å². The molecular formula is C27H29NO4. The lowest BCUT2D eigenvalue weighted by molar-refractivity contribution is -0.162. The first-order chi connectivity index (χ1) is 15.5. The van der Waals surface area contributed by atoms with Crippen LogP contribution < -0.4 is 0 Å². The lowest BCUT2D eigenvalue weighted by Crippen LogP contribution is -2.47. The molecule has 2 amide bonds. The van der Waals surface area contributed by atoms with Crippen LogP contribution in [0.2, 0.25) is 0 Å². The number of unbranched alkanes of at least 4 members (excludes halogenated alkanes) is 1. The highest BCUT2D eigenvalue weighted by Gasteiger charge is 2.63. The molecule has 2 aromatic carbocycles. The molecule has 3 atom stereocenters. The van der Waals surface area contributed by atoms with Gasteiger partial charge in [-0.15, -0.1) is 0 Å². The third kappa shape index (κ3) is 2.94. The maximum atomic E-state index is 13.9. The van der Waals surface area contributed by atoms with E-state index in [4.69, 9.17) is 4.74 Å². The summed E-state index contributed by atoms with van der Waals surface area (Å²) in [7, 11) is 0. The molecule has 0 radical (unpaired) electrons. The predicted octanol–water partition coefficient (Wildman–Crippen LogP) is 4.39. The highest BCUT2D eigenvalue weighted by atomic mass is 16.5. The summed E-state index contributed by atoms with van der Waals surface area (Å²) >= 11 is 0. The number of likely N-dealkylation sites (tertiary alicyclic amines) is 1. The number of rotatable bonds is 6. The highest BCUT2D eigenvalue weighted by molar-refractivity contribution is 6.10. The zero-order valence-corrected chi connectivity index (χ0v) is 18.8. The largest absolute Gasteiger partial charge is 0.461 e. The minimum absolute atomic E-state index is 0.160. The third-order valence-electron chi connectivity index (χ3n) is 7.25. The van der Waals surface area contributed by atoms with Crippen molar-refractivity contribution in [1.82, 2.24) is 4.90 Å². The Morgan fingerprint density at radius 2 is 1.31 bits per heavy atom. The Hall–Kier alpha value is -2.95. The van der Waals surface area contributed by atoms with E-state index in [1.807, 2.05) is 31.2 Å². The van der Waals surface area contributed by atoms with Gasteiger partial charge in [0.1, 0.15) is 6.04 Å². The first-order valence-corrected chi connectivity index (χ1v) is 11.7. The van der Waals surface area contributed by atoms with Crippen LogP contribution in [-0.2, 0) is 19.1 Å². The van der Waals surface area contributed by atoms with Crippen molar-refractivity contribution in [3.63, 3.8) is 0 Å². The zero-order valence-electron chi connectivity index (χ0n) is 18.8. The summed E-state index contributed by atoms with van der Waals surface area (Å²) in [6, 6.07) is 15.5. The van der Waals surface area contributed by atoms with Crippen LogP contribution in [0.4, 0.5) is 0 Å². The van der Waals surface area contributed by atoms with Gasteiger partial charge in [-0.2, -0.15) is 0 Å². The van der Waals surface area contributed by atoms with Gasteiger partial charge in [0, 0.05) is 11.8 Å². The number of hydrogen-bond donors (Lipinski definition) is 0. The summed E-state index contributed by atoms with van der Waals surface area (Å²) < 4.78 is 5.48. The highest BCUT2D eigenvalue weighted by Crippen LogP contribution is 2.61. The van der Waals surface area contributed by atoms with Crippen LogP contribution in [0.15, 0.2) is 48.5 Å². The molecule has 5 nitrogen and oxygen atoms in total. The van der Waals surface area contributed by atoms with Gasteiger partial charge in [-0.25, -0.2) is 4.79 Å². The van der Waals surface area contributed by atoms with Crippen molar-refractivity contribution in [3.8, 4) is 0 Å². The first-order valence-electron chi connectivity index (χ1n) is 11.7. The summed E-state index contributed by atoms with van der Waals surface area (Å²) in [6.07, 6.45) is 1.76. The van der Waals surface area contributed by atoms with Crippen LogP contribution in [0.3, 0.4) is 0 Å². The molecule has 1 saturated heterocycles. The van der Waals surface area contributed by atoms with Gasteiger partial charge < -0.3 is 4.74 Å². The summed E-state index contributed by atoms with van der Waals surface area (Å²) in [6.45, 7) is 5.61. The Labute approximate surface area is 188 Å². The lowest BCUT2D eigenvalue weighted by atomic mass is 9.55. The van der Waals surface area contributed by atoms with Crippen LogP contribution in [0, 0.1) is 11.8 Å². The summed E-state index contributed by atoms with van der Waals surface area (Å²) in [5.41, 5.74) is 4.54. The number of ether oxygens (including phenoxy) is 1. The molecule has 2 aromatic rings. The molecule has 6 rings (SSSR count). The molecule has 1 heterocycles. The minimum Gasteiger partial charge on any atom is -0.461 e. The normalized spacial score (nSPS) is 26.1. The number of nitrogens with zero attached hydrogens (tertiary/aromatic N) is 1. The number of esters is 1. The van der Waals surface area contributed by atoms with Crippen molar-refractivity contribution in [1.29, 1.82) is 0 Å². The average Bonchev–Trinajstić information content (AvgIpc) is 3.05. The van der Waals surface area contributed by atoms with Gasteiger partial charge in [0.05, 0.1) is 17.9 Å². The quantitative estimate of drug-likeness (QED) is 0.503. The molecule has 0 aromatic heterocycles. The Kier molecular flexibility index (Phi) is 5.15. The molecule has 166 valence electrons. The minimum atomic E-state index is -0.853. The van der Waals surface area contributed by atoms with Crippen molar-refractivity contribution in [2.75, 3.05) is 0 Å². The molecular weight excluding hydrogens is 402 g/mol. The lowest BCUT2D eigenvalue weighted by Gasteiger charge is -2.45. The van der Waals surface area contributed by atoms with E-state index < -0.39 is 23.8 Å². The Bertz CT molecular complexity index is 975. The van der Waals surface area contributed by atoms with E-state index >= 15 is 0 Å². The van der Waals surface area contributed by atoms with Crippen molar-refractivity contribution in [3.05, 3.63) is 70.8 Å². The van der Waals surface area contributed by atoms with E-state index in [0.717, 1.165) is 35.1 Å². The Morgan fingerprint density at radius 3 is 1.69 bits per heavy atom. The molecule has 3 aliphatic carbocycles. The number of imide groups is 1. The second-order valence-corrected chi connectivity index (χ2v) is 9.45. The molecule has 0 spiro atoms. The number of hydrogen-bond acceptors (Lipinski definition) is 4. The number of carbonyl (C=O) groups is 3. The standard InChI is InChI=1S/C27H29NO4/c1-4-5-14-20(27(31)32-15(2)3)28-25(29)23-21-16-10-6-7-11-17(16)22(24(23)26(28)30)19-13-9-8-12-18(19)21/h6-13,15,20-24H,4-5,14H2,1-3H3/t20-,21?,22?,23+,24+/m1/s1. The van der Waals surface area contributed by atoms with Gasteiger partial charge in [0.25, 0.3) is 0 Å². The first kappa shape index (κ1) is 20.9. The number of amides is 2.